The van der Waals surface area contributed by atoms with Gasteiger partial charge in [0.2, 0.25) is 12.7 Å². The lowest BCUT2D eigenvalue weighted by Gasteiger charge is -2.19. The van der Waals surface area contributed by atoms with Gasteiger partial charge >= 0.3 is 0 Å². The van der Waals surface area contributed by atoms with Crippen LogP contribution in [0.5, 0.6) is 11.5 Å². The van der Waals surface area contributed by atoms with Crippen molar-refractivity contribution in [3.8, 4) is 11.5 Å². The van der Waals surface area contributed by atoms with E-state index in [1.165, 1.54) is 0 Å². The molecule has 0 bridgehead atoms. The molecule has 0 aromatic heterocycles. The predicted molar refractivity (Wildman–Crippen MR) is 106 cm³/mol. The number of carbonyl (C=O) groups is 1. The van der Waals surface area contributed by atoms with Crippen LogP contribution >= 0.6 is 23.4 Å². The van der Waals surface area contributed by atoms with Gasteiger partial charge in [-0.15, -0.1) is 11.8 Å². The molecule has 0 unspecified atom stereocenters. The van der Waals surface area contributed by atoms with Crippen LogP contribution in [0, 0.1) is 12.3 Å². The summed E-state index contributed by atoms with van der Waals surface area (Å²) in [6, 6.07) is 9.76. The fourth-order valence-corrected chi connectivity index (χ4v) is 3.68. The molecule has 0 aliphatic carbocycles. The third-order valence-electron chi connectivity index (χ3n) is 3.99. The lowest BCUT2D eigenvalue weighted by atomic mass is 9.95. The maximum Gasteiger partial charge on any atom is 0.231 e. The van der Waals surface area contributed by atoms with Crippen LogP contribution in [0.2, 0.25) is 5.02 Å². The molecule has 4 nitrogen and oxygen atoms in total. The highest BCUT2D eigenvalue weighted by atomic mass is 35.5. The number of nitrogens with one attached hydrogen (secondary N) is 1. The van der Waals surface area contributed by atoms with Crippen molar-refractivity contribution in [3.63, 3.8) is 0 Å². The molecule has 1 aliphatic heterocycles. The van der Waals surface area contributed by atoms with Gasteiger partial charge in [0.15, 0.2) is 11.5 Å². The molecule has 1 N–H and O–H groups in total. The van der Waals surface area contributed by atoms with Crippen molar-refractivity contribution in [2.75, 3.05) is 12.1 Å². The van der Waals surface area contributed by atoms with E-state index in [0.717, 1.165) is 27.5 Å². The average molecular weight is 392 g/mol. The molecule has 3 rings (SSSR count). The summed E-state index contributed by atoms with van der Waals surface area (Å²) in [5, 5.41) is 3.69. The summed E-state index contributed by atoms with van der Waals surface area (Å²) < 4.78 is 10.8. The van der Waals surface area contributed by atoms with Crippen molar-refractivity contribution in [2.24, 2.45) is 5.41 Å². The largest absolute Gasteiger partial charge is 0.454 e. The number of thioether (sulfide) groups is 1. The number of hydrogen-bond acceptors (Lipinski definition) is 4. The highest BCUT2D eigenvalue weighted by molar-refractivity contribution is 7.98. The minimum Gasteiger partial charge on any atom is -0.454 e. The van der Waals surface area contributed by atoms with Gasteiger partial charge in [-0.2, -0.15) is 0 Å². The molecule has 0 saturated carbocycles. The number of halogens is 1. The number of amides is 1. The molecule has 1 heterocycles. The van der Waals surface area contributed by atoms with E-state index in [1.54, 1.807) is 17.8 Å². The van der Waals surface area contributed by atoms with Gasteiger partial charge in [0.25, 0.3) is 0 Å². The number of benzene rings is 2. The number of aryl methyl sites for hydroxylation is 1. The summed E-state index contributed by atoms with van der Waals surface area (Å²) in [6.07, 6.45) is 0. The lowest BCUT2D eigenvalue weighted by Crippen LogP contribution is -2.27. The Bertz CT molecular complexity index is 846. The lowest BCUT2D eigenvalue weighted by molar-refractivity contribution is -0.123. The second-order valence-electron chi connectivity index (χ2n) is 7.29. The van der Waals surface area contributed by atoms with Crippen LogP contribution in [0.15, 0.2) is 35.2 Å². The van der Waals surface area contributed by atoms with E-state index in [0.29, 0.717) is 16.5 Å². The fraction of sp³-hybridized carbons (Fsp3) is 0.350. The Kier molecular flexibility index (Phi) is 5.39. The first-order chi connectivity index (χ1) is 12.2. The maximum atomic E-state index is 12.4. The van der Waals surface area contributed by atoms with Gasteiger partial charge in [0, 0.05) is 27.2 Å². The Balaban J connectivity index is 1.79. The number of anilines is 1. The minimum absolute atomic E-state index is 0.00828. The van der Waals surface area contributed by atoms with Crippen molar-refractivity contribution in [3.05, 3.63) is 46.5 Å². The summed E-state index contributed by atoms with van der Waals surface area (Å²) in [7, 11) is 0. The van der Waals surface area contributed by atoms with Crippen molar-refractivity contribution in [2.45, 2.75) is 38.3 Å². The maximum absolute atomic E-state index is 12.4. The van der Waals surface area contributed by atoms with Gasteiger partial charge in [0.1, 0.15) is 0 Å². The van der Waals surface area contributed by atoms with E-state index in [2.05, 4.69) is 5.32 Å². The number of carbonyl (C=O) groups excluding carboxylic acids is 1. The first-order valence-corrected chi connectivity index (χ1v) is 9.73. The zero-order chi connectivity index (χ0) is 18.9. The number of fused-ring (bicyclic) bond motifs is 1. The van der Waals surface area contributed by atoms with Crippen molar-refractivity contribution < 1.29 is 14.3 Å². The number of ether oxygens (including phenoxy) is 2. The molecule has 1 aliphatic rings. The molecule has 138 valence electrons. The second kappa shape index (κ2) is 7.41. The summed E-state index contributed by atoms with van der Waals surface area (Å²) in [5.74, 6) is 2.05. The van der Waals surface area contributed by atoms with Crippen LogP contribution < -0.4 is 14.8 Å². The van der Waals surface area contributed by atoms with Crippen molar-refractivity contribution in [1.82, 2.24) is 0 Å². The van der Waals surface area contributed by atoms with Crippen LogP contribution in [0.25, 0.3) is 0 Å². The zero-order valence-corrected chi connectivity index (χ0v) is 16.9. The summed E-state index contributed by atoms with van der Waals surface area (Å²) in [4.78, 5) is 13.4. The third-order valence-corrected chi connectivity index (χ3v) is 5.46. The van der Waals surface area contributed by atoms with Gasteiger partial charge < -0.3 is 14.8 Å². The molecule has 0 saturated heterocycles. The predicted octanol–water partition coefficient (Wildman–Crippen LogP) is 5.65. The Morgan fingerprint density at radius 3 is 2.58 bits per heavy atom. The van der Waals surface area contributed by atoms with E-state index in [-0.39, 0.29) is 12.7 Å². The fourth-order valence-electron chi connectivity index (χ4n) is 2.40. The third kappa shape index (κ3) is 4.27. The van der Waals surface area contributed by atoms with Crippen molar-refractivity contribution >= 4 is 35.0 Å². The molecular formula is C20H22ClNO3S. The van der Waals surface area contributed by atoms with Gasteiger partial charge in [-0.25, -0.2) is 0 Å². The first kappa shape index (κ1) is 18.9. The average Bonchev–Trinajstić information content (AvgIpc) is 3.00. The summed E-state index contributed by atoms with van der Waals surface area (Å²) in [6.45, 7) is 7.94. The molecule has 26 heavy (non-hydrogen) atoms. The van der Waals surface area contributed by atoms with Gasteiger partial charge in [0.05, 0.1) is 5.69 Å². The Hall–Kier alpha value is -1.85. The van der Waals surface area contributed by atoms with E-state index in [4.69, 9.17) is 21.1 Å². The quantitative estimate of drug-likeness (QED) is 0.683. The Morgan fingerprint density at radius 1 is 1.19 bits per heavy atom. The second-order valence-corrected chi connectivity index (χ2v) is 8.71. The molecule has 0 spiro atoms. The normalized spacial score (nSPS) is 13.0. The number of hydrogen-bond donors (Lipinski definition) is 1. The van der Waals surface area contributed by atoms with E-state index >= 15 is 0 Å². The minimum atomic E-state index is -0.452. The van der Waals surface area contributed by atoms with Crippen LogP contribution in [-0.2, 0) is 10.5 Å². The van der Waals surface area contributed by atoms with Crippen LogP contribution in [0.4, 0.5) is 5.69 Å². The highest BCUT2D eigenvalue weighted by Gasteiger charge is 2.22. The van der Waals surface area contributed by atoms with E-state index < -0.39 is 5.41 Å². The monoisotopic (exact) mass is 391 g/mol. The molecule has 0 fully saturated rings. The van der Waals surface area contributed by atoms with Crippen LogP contribution in [0.1, 0.15) is 31.9 Å². The van der Waals surface area contributed by atoms with Crippen LogP contribution in [0.3, 0.4) is 0 Å². The first-order valence-electron chi connectivity index (χ1n) is 8.37. The van der Waals surface area contributed by atoms with Gasteiger partial charge in [-0.3, -0.25) is 4.79 Å². The number of rotatable bonds is 4. The van der Waals surface area contributed by atoms with Crippen LogP contribution in [-0.4, -0.2) is 12.7 Å². The van der Waals surface area contributed by atoms with E-state index in [9.17, 15) is 4.79 Å². The summed E-state index contributed by atoms with van der Waals surface area (Å²) >= 11 is 7.99. The molecule has 0 radical (unpaired) electrons. The summed E-state index contributed by atoms with van der Waals surface area (Å²) in [5.41, 5.74) is 2.44. The topological polar surface area (TPSA) is 47.6 Å². The molecule has 6 heteroatoms. The van der Waals surface area contributed by atoms with Gasteiger partial charge in [-0.1, -0.05) is 38.4 Å². The van der Waals surface area contributed by atoms with Crippen molar-refractivity contribution in [1.29, 1.82) is 0 Å². The molecule has 0 atom stereocenters. The Morgan fingerprint density at radius 2 is 1.88 bits per heavy atom. The van der Waals surface area contributed by atoms with Gasteiger partial charge in [-0.05, 0) is 36.2 Å². The standard InChI is InChI=1S/C20H22ClNO3S/c1-12-5-6-18(15(7-12)22-19(23)20(2,3)4)26-10-13-8-16-17(9-14(13)21)25-11-24-16/h5-9H,10-11H2,1-4H3,(H,22,23). The van der Waals surface area contributed by atoms with E-state index in [1.807, 2.05) is 52.0 Å². The molecule has 2 aromatic rings. The molecular weight excluding hydrogens is 370 g/mol. The molecule has 2 aromatic carbocycles. The highest BCUT2D eigenvalue weighted by Crippen LogP contribution is 2.40. The molecule has 1 amide bonds. The Labute approximate surface area is 163 Å². The SMILES string of the molecule is Cc1ccc(SCc2cc3c(cc2Cl)OCO3)c(NC(=O)C(C)(C)C)c1. The zero-order valence-electron chi connectivity index (χ0n) is 15.3. The smallest absolute Gasteiger partial charge is 0.231 e.